The normalized spacial score (nSPS) is 10.3. The molecule has 104 valence electrons. The molecular formula is C13H10O7. The van der Waals surface area contributed by atoms with Gasteiger partial charge in [0.25, 0.3) is 5.75 Å². The highest BCUT2D eigenvalue weighted by atomic mass is 16.6. The number of fused-ring (bicyclic) bond motifs is 1. The van der Waals surface area contributed by atoms with Gasteiger partial charge in [0.05, 0.1) is 5.39 Å². The van der Waals surface area contributed by atoms with Crippen LogP contribution < -0.4 is 15.1 Å². The Bertz CT molecular complexity index is 757. The van der Waals surface area contributed by atoms with Gasteiger partial charge in [0.1, 0.15) is 11.3 Å². The standard InChI is InChI=1S/C13H10O7/c1-6(14)18-11-9-4-3-8(16)5-10(9)20-13(17)12(11)19-7(2)15/h3-5,16H,1-2H3. The molecule has 7 heteroatoms. The highest BCUT2D eigenvalue weighted by molar-refractivity contribution is 5.90. The molecule has 0 unspecified atom stereocenters. The SMILES string of the molecule is CC(=O)Oc1c(OC(C)=O)c2ccc(O)cc2oc1=O. The summed E-state index contributed by atoms with van der Waals surface area (Å²) in [6.45, 7) is 2.23. The summed E-state index contributed by atoms with van der Waals surface area (Å²) in [5, 5.41) is 9.57. The zero-order valence-corrected chi connectivity index (χ0v) is 10.6. The van der Waals surface area contributed by atoms with E-state index >= 15 is 0 Å². The van der Waals surface area contributed by atoms with Gasteiger partial charge in [0.2, 0.25) is 0 Å². The average molecular weight is 278 g/mol. The van der Waals surface area contributed by atoms with Crippen LogP contribution in [-0.2, 0) is 9.59 Å². The molecule has 2 rings (SSSR count). The number of benzene rings is 1. The Morgan fingerprint density at radius 2 is 1.70 bits per heavy atom. The highest BCUT2D eigenvalue weighted by Crippen LogP contribution is 2.34. The lowest BCUT2D eigenvalue weighted by atomic mass is 10.2. The number of rotatable bonds is 2. The molecule has 0 aliphatic heterocycles. The van der Waals surface area contributed by atoms with Crippen molar-refractivity contribution in [3.8, 4) is 17.2 Å². The molecule has 0 fully saturated rings. The fourth-order valence-electron chi connectivity index (χ4n) is 1.62. The van der Waals surface area contributed by atoms with E-state index in [9.17, 15) is 19.5 Å². The molecular weight excluding hydrogens is 268 g/mol. The number of phenolic OH excluding ortho intramolecular Hbond substituents is 1. The summed E-state index contributed by atoms with van der Waals surface area (Å²) >= 11 is 0. The molecule has 0 amide bonds. The van der Waals surface area contributed by atoms with E-state index in [0.29, 0.717) is 0 Å². The van der Waals surface area contributed by atoms with Crippen LogP contribution in [0.2, 0.25) is 0 Å². The first-order chi connectivity index (χ1) is 9.38. The van der Waals surface area contributed by atoms with Crippen LogP contribution in [0.25, 0.3) is 11.0 Å². The number of aromatic hydroxyl groups is 1. The zero-order chi connectivity index (χ0) is 14.9. The van der Waals surface area contributed by atoms with Crippen LogP contribution in [0.4, 0.5) is 0 Å². The van der Waals surface area contributed by atoms with Crippen LogP contribution >= 0.6 is 0 Å². The molecule has 0 aliphatic rings. The zero-order valence-electron chi connectivity index (χ0n) is 10.6. The first kappa shape index (κ1) is 13.6. The van der Waals surface area contributed by atoms with Crippen molar-refractivity contribution in [1.29, 1.82) is 0 Å². The lowest BCUT2D eigenvalue weighted by Crippen LogP contribution is -2.14. The van der Waals surface area contributed by atoms with Crippen LogP contribution in [0.15, 0.2) is 27.4 Å². The molecule has 1 N–H and O–H groups in total. The molecule has 0 atom stereocenters. The second kappa shape index (κ2) is 5.04. The van der Waals surface area contributed by atoms with Gasteiger partial charge in [-0.2, -0.15) is 0 Å². The van der Waals surface area contributed by atoms with Gasteiger partial charge in [-0.25, -0.2) is 4.79 Å². The Morgan fingerprint density at radius 3 is 2.30 bits per heavy atom. The van der Waals surface area contributed by atoms with Crippen molar-refractivity contribution < 1.29 is 28.6 Å². The largest absolute Gasteiger partial charge is 0.508 e. The quantitative estimate of drug-likeness (QED) is 0.653. The predicted octanol–water partition coefficient (Wildman–Crippen LogP) is 1.35. The number of carbonyl (C=O) groups is 2. The fraction of sp³-hybridized carbons (Fsp3) is 0.154. The molecule has 2 aromatic rings. The minimum Gasteiger partial charge on any atom is -0.508 e. The maximum Gasteiger partial charge on any atom is 0.383 e. The molecule has 0 saturated carbocycles. The smallest absolute Gasteiger partial charge is 0.383 e. The molecule has 0 spiro atoms. The van der Waals surface area contributed by atoms with Gasteiger partial charge >= 0.3 is 17.6 Å². The highest BCUT2D eigenvalue weighted by Gasteiger charge is 2.21. The van der Waals surface area contributed by atoms with Crippen molar-refractivity contribution in [1.82, 2.24) is 0 Å². The molecule has 0 aliphatic carbocycles. The maximum atomic E-state index is 11.8. The van der Waals surface area contributed by atoms with E-state index in [1.807, 2.05) is 0 Å². The Kier molecular flexibility index (Phi) is 3.43. The van der Waals surface area contributed by atoms with Gasteiger partial charge in [-0.05, 0) is 12.1 Å². The molecule has 20 heavy (non-hydrogen) atoms. The first-order valence-corrected chi connectivity index (χ1v) is 5.55. The van der Waals surface area contributed by atoms with Crippen molar-refractivity contribution in [3.05, 3.63) is 28.6 Å². The summed E-state index contributed by atoms with van der Waals surface area (Å²) in [5.41, 5.74) is -0.989. The van der Waals surface area contributed by atoms with Crippen LogP contribution in [0.3, 0.4) is 0 Å². The third-order valence-electron chi connectivity index (χ3n) is 2.30. The monoisotopic (exact) mass is 278 g/mol. The van der Waals surface area contributed by atoms with Crippen molar-refractivity contribution in [2.75, 3.05) is 0 Å². The summed E-state index contributed by atoms with van der Waals surface area (Å²) < 4.78 is 14.6. The van der Waals surface area contributed by atoms with Gasteiger partial charge in [0.15, 0.2) is 5.75 Å². The van der Waals surface area contributed by atoms with E-state index in [1.54, 1.807) is 0 Å². The lowest BCUT2D eigenvalue weighted by molar-refractivity contribution is -0.134. The number of carbonyl (C=O) groups excluding carboxylic acids is 2. The van der Waals surface area contributed by atoms with Crippen LogP contribution in [0, 0.1) is 0 Å². The van der Waals surface area contributed by atoms with E-state index in [0.717, 1.165) is 13.8 Å². The van der Waals surface area contributed by atoms with E-state index in [1.165, 1.54) is 18.2 Å². The third-order valence-corrected chi connectivity index (χ3v) is 2.30. The molecule has 1 aromatic carbocycles. The second-order valence-corrected chi connectivity index (χ2v) is 3.92. The van der Waals surface area contributed by atoms with E-state index in [4.69, 9.17) is 13.9 Å². The summed E-state index contributed by atoms with van der Waals surface area (Å²) in [6.07, 6.45) is 0. The Balaban J connectivity index is 2.79. The Labute approximate surface area is 112 Å². The van der Waals surface area contributed by atoms with Crippen LogP contribution in [0.1, 0.15) is 13.8 Å². The number of hydrogen-bond donors (Lipinski definition) is 1. The molecule has 7 nitrogen and oxygen atoms in total. The van der Waals surface area contributed by atoms with Crippen LogP contribution in [0.5, 0.6) is 17.2 Å². The number of ether oxygens (including phenoxy) is 2. The number of esters is 2. The lowest BCUT2D eigenvalue weighted by Gasteiger charge is -2.09. The summed E-state index contributed by atoms with van der Waals surface area (Å²) in [6, 6.07) is 3.87. The van der Waals surface area contributed by atoms with Gasteiger partial charge in [0, 0.05) is 19.9 Å². The number of hydrogen-bond acceptors (Lipinski definition) is 7. The average Bonchev–Trinajstić information content (AvgIpc) is 2.32. The minimum atomic E-state index is -0.991. The van der Waals surface area contributed by atoms with Crippen molar-refractivity contribution >= 4 is 22.9 Å². The minimum absolute atomic E-state index is 0.00199. The van der Waals surface area contributed by atoms with E-state index < -0.39 is 23.3 Å². The topological polar surface area (TPSA) is 103 Å². The summed E-state index contributed by atoms with van der Waals surface area (Å²) in [4.78, 5) is 33.9. The van der Waals surface area contributed by atoms with Crippen LogP contribution in [-0.4, -0.2) is 17.0 Å². The second-order valence-electron chi connectivity index (χ2n) is 3.92. The summed E-state index contributed by atoms with van der Waals surface area (Å²) in [7, 11) is 0. The van der Waals surface area contributed by atoms with E-state index in [-0.39, 0.29) is 22.5 Å². The molecule has 1 heterocycles. The predicted molar refractivity (Wildman–Crippen MR) is 66.8 cm³/mol. The van der Waals surface area contributed by atoms with Gasteiger partial charge in [-0.15, -0.1) is 0 Å². The van der Waals surface area contributed by atoms with E-state index in [2.05, 4.69) is 0 Å². The molecule has 0 bridgehead atoms. The Hall–Kier alpha value is -2.83. The first-order valence-electron chi connectivity index (χ1n) is 5.55. The molecule has 0 saturated heterocycles. The molecule has 0 radical (unpaired) electrons. The maximum absolute atomic E-state index is 11.8. The third kappa shape index (κ3) is 2.61. The van der Waals surface area contributed by atoms with Gasteiger partial charge < -0.3 is 19.0 Å². The number of phenols is 1. The summed E-state index contributed by atoms with van der Waals surface area (Å²) in [5.74, 6) is -2.32. The fourth-order valence-corrected chi connectivity index (χ4v) is 1.62. The van der Waals surface area contributed by atoms with Crippen molar-refractivity contribution in [3.63, 3.8) is 0 Å². The van der Waals surface area contributed by atoms with Gasteiger partial charge in [-0.1, -0.05) is 0 Å². The van der Waals surface area contributed by atoms with Crippen molar-refractivity contribution in [2.24, 2.45) is 0 Å². The van der Waals surface area contributed by atoms with Crippen molar-refractivity contribution in [2.45, 2.75) is 13.8 Å². The molecule has 1 aromatic heterocycles. The Morgan fingerprint density at radius 1 is 1.10 bits per heavy atom. The van der Waals surface area contributed by atoms with Gasteiger partial charge in [-0.3, -0.25) is 9.59 Å².